The number of hydrogen-bond acceptors (Lipinski definition) is 4. The second kappa shape index (κ2) is 8.52. The predicted octanol–water partition coefficient (Wildman–Crippen LogP) is 4.11. The van der Waals surface area contributed by atoms with Crippen LogP contribution in [0.5, 0.6) is 0 Å². The van der Waals surface area contributed by atoms with E-state index in [4.69, 9.17) is 10.3 Å². The van der Waals surface area contributed by atoms with Crippen molar-refractivity contribution in [3.63, 3.8) is 0 Å². The monoisotopic (exact) mass is 352 g/mol. The van der Waals surface area contributed by atoms with Crippen LogP contribution in [0, 0.1) is 0 Å². The van der Waals surface area contributed by atoms with Crippen LogP contribution in [0.3, 0.4) is 0 Å². The zero-order chi connectivity index (χ0) is 18.4. The van der Waals surface area contributed by atoms with Crippen LogP contribution in [-0.2, 0) is 4.79 Å². The second-order valence-corrected chi connectivity index (χ2v) is 6.66. The third kappa shape index (κ3) is 4.42. The van der Waals surface area contributed by atoms with Crippen molar-refractivity contribution in [2.24, 2.45) is 5.16 Å². The standard InChI is InChI=1S/C21H24N2O3/c24-21(25)11-10-20(22-26)18-6-8-19(9-7-18)23-14-12-17(13-15-23)16-4-2-1-3-5-16/h1-9,17,26H,10-15H2,(H,24,25)/b22-20-. The van der Waals surface area contributed by atoms with E-state index in [2.05, 4.69) is 40.4 Å². The summed E-state index contributed by atoms with van der Waals surface area (Å²) in [5, 5.41) is 21.2. The minimum absolute atomic E-state index is 0.0475. The van der Waals surface area contributed by atoms with Crippen molar-refractivity contribution in [2.75, 3.05) is 18.0 Å². The summed E-state index contributed by atoms with van der Waals surface area (Å²) in [5.74, 6) is -0.278. The molecule has 0 radical (unpaired) electrons. The average molecular weight is 352 g/mol. The Morgan fingerprint density at radius 2 is 1.65 bits per heavy atom. The highest BCUT2D eigenvalue weighted by Crippen LogP contribution is 2.30. The molecule has 1 aliphatic heterocycles. The lowest BCUT2D eigenvalue weighted by molar-refractivity contribution is -0.136. The number of nitrogens with zero attached hydrogens (tertiary/aromatic N) is 2. The van der Waals surface area contributed by atoms with E-state index in [0.717, 1.165) is 37.2 Å². The van der Waals surface area contributed by atoms with Crippen LogP contribution in [0.25, 0.3) is 0 Å². The van der Waals surface area contributed by atoms with Crippen LogP contribution in [0.15, 0.2) is 59.8 Å². The van der Waals surface area contributed by atoms with E-state index in [-0.39, 0.29) is 12.8 Å². The highest BCUT2D eigenvalue weighted by Gasteiger charge is 2.20. The van der Waals surface area contributed by atoms with E-state index in [9.17, 15) is 4.79 Å². The van der Waals surface area contributed by atoms with Gasteiger partial charge in [-0.3, -0.25) is 4.79 Å². The minimum Gasteiger partial charge on any atom is -0.481 e. The highest BCUT2D eigenvalue weighted by molar-refractivity contribution is 6.01. The van der Waals surface area contributed by atoms with Gasteiger partial charge in [0.1, 0.15) is 0 Å². The molecule has 1 saturated heterocycles. The van der Waals surface area contributed by atoms with Gasteiger partial charge in [0.05, 0.1) is 12.1 Å². The number of rotatable bonds is 6. The van der Waals surface area contributed by atoms with E-state index >= 15 is 0 Å². The molecule has 26 heavy (non-hydrogen) atoms. The number of piperidine rings is 1. The summed E-state index contributed by atoms with van der Waals surface area (Å²) in [4.78, 5) is 13.1. The molecule has 2 N–H and O–H groups in total. The number of carboxylic acids is 1. The molecule has 1 fully saturated rings. The number of benzene rings is 2. The van der Waals surface area contributed by atoms with Gasteiger partial charge in [0, 0.05) is 25.2 Å². The predicted molar refractivity (Wildman–Crippen MR) is 102 cm³/mol. The molecule has 0 saturated carbocycles. The van der Waals surface area contributed by atoms with Gasteiger partial charge in [-0.15, -0.1) is 0 Å². The molecule has 1 heterocycles. The topological polar surface area (TPSA) is 73.1 Å². The van der Waals surface area contributed by atoms with Gasteiger partial charge in [-0.1, -0.05) is 47.6 Å². The Labute approximate surface area is 153 Å². The largest absolute Gasteiger partial charge is 0.481 e. The van der Waals surface area contributed by atoms with Crippen LogP contribution >= 0.6 is 0 Å². The van der Waals surface area contributed by atoms with Gasteiger partial charge < -0.3 is 15.2 Å². The van der Waals surface area contributed by atoms with Crippen LogP contribution in [0.4, 0.5) is 5.69 Å². The van der Waals surface area contributed by atoms with Crippen molar-refractivity contribution < 1.29 is 15.1 Å². The smallest absolute Gasteiger partial charge is 0.303 e. The van der Waals surface area contributed by atoms with Crippen molar-refractivity contribution in [3.05, 3.63) is 65.7 Å². The molecule has 3 rings (SSSR count). The first kappa shape index (κ1) is 18.0. The molecule has 0 aromatic heterocycles. The molecule has 0 aliphatic carbocycles. The van der Waals surface area contributed by atoms with E-state index < -0.39 is 5.97 Å². The third-order valence-corrected chi connectivity index (χ3v) is 5.03. The number of anilines is 1. The highest BCUT2D eigenvalue weighted by atomic mass is 16.4. The molecule has 0 bridgehead atoms. The summed E-state index contributed by atoms with van der Waals surface area (Å²) in [6, 6.07) is 18.5. The first-order chi connectivity index (χ1) is 12.7. The number of hydrogen-bond donors (Lipinski definition) is 2. The van der Waals surface area contributed by atoms with Crippen LogP contribution in [0.1, 0.15) is 42.7 Å². The van der Waals surface area contributed by atoms with Crippen LogP contribution in [-0.4, -0.2) is 35.1 Å². The Morgan fingerprint density at radius 1 is 1.00 bits per heavy atom. The quantitative estimate of drug-likeness (QED) is 0.466. The molecule has 5 nitrogen and oxygen atoms in total. The fourth-order valence-electron chi connectivity index (χ4n) is 3.54. The molecule has 136 valence electrons. The van der Waals surface area contributed by atoms with Crippen LogP contribution in [0.2, 0.25) is 0 Å². The van der Waals surface area contributed by atoms with Crippen molar-refractivity contribution in [1.29, 1.82) is 0 Å². The van der Waals surface area contributed by atoms with Gasteiger partial charge in [-0.25, -0.2) is 0 Å². The lowest BCUT2D eigenvalue weighted by Crippen LogP contribution is -2.32. The zero-order valence-corrected chi connectivity index (χ0v) is 14.7. The Hall–Kier alpha value is -2.82. The van der Waals surface area contributed by atoms with Gasteiger partial charge in [0.25, 0.3) is 0 Å². The molecule has 0 unspecified atom stereocenters. The first-order valence-electron chi connectivity index (χ1n) is 9.00. The van der Waals surface area contributed by atoms with Gasteiger partial charge in [0.2, 0.25) is 0 Å². The molecule has 1 aliphatic rings. The van der Waals surface area contributed by atoms with E-state index in [1.54, 1.807) is 0 Å². The maximum atomic E-state index is 10.7. The molecular formula is C21H24N2O3. The van der Waals surface area contributed by atoms with Crippen molar-refractivity contribution in [2.45, 2.75) is 31.6 Å². The van der Waals surface area contributed by atoms with Crippen molar-refractivity contribution >= 4 is 17.4 Å². The van der Waals surface area contributed by atoms with E-state index in [1.165, 1.54) is 5.56 Å². The average Bonchev–Trinajstić information content (AvgIpc) is 2.69. The molecule has 2 aromatic carbocycles. The number of carbonyl (C=O) groups is 1. The Balaban J connectivity index is 1.60. The summed E-state index contributed by atoms with van der Waals surface area (Å²) in [5.41, 5.74) is 3.74. The zero-order valence-electron chi connectivity index (χ0n) is 14.7. The van der Waals surface area contributed by atoms with E-state index in [0.29, 0.717) is 11.6 Å². The number of oxime groups is 1. The van der Waals surface area contributed by atoms with E-state index in [1.807, 2.05) is 24.3 Å². The second-order valence-electron chi connectivity index (χ2n) is 6.66. The fraction of sp³-hybridized carbons (Fsp3) is 0.333. The summed E-state index contributed by atoms with van der Waals surface area (Å²) >= 11 is 0. The summed E-state index contributed by atoms with van der Waals surface area (Å²) in [6.45, 7) is 2.03. The molecule has 0 amide bonds. The van der Waals surface area contributed by atoms with Crippen molar-refractivity contribution in [1.82, 2.24) is 0 Å². The Bertz CT molecular complexity index is 749. The Kier molecular flexibility index (Phi) is 5.89. The number of aliphatic carboxylic acids is 1. The number of carboxylic acid groups (broad SMARTS) is 1. The normalized spacial score (nSPS) is 15.8. The summed E-state index contributed by atoms with van der Waals surface area (Å²) in [6.07, 6.45) is 2.43. The van der Waals surface area contributed by atoms with Crippen LogP contribution < -0.4 is 4.90 Å². The maximum Gasteiger partial charge on any atom is 0.303 e. The molecular weight excluding hydrogens is 328 g/mol. The lowest BCUT2D eigenvalue weighted by Gasteiger charge is -2.34. The first-order valence-corrected chi connectivity index (χ1v) is 9.00. The van der Waals surface area contributed by atoms with Gasteiger partial charge in [-0.2, -0.15) is 0 Å². The minimum atomic E-state index is -0.899. The Morgan fingerprint density at radius 3 is 2.23 bits per heavy atom. The van der Waals surface area contributed by atoms with Gasteiger partial charge in [-0.05, 0) is 42.0 Å². The SMILES string of the molecule is O=C(O)CC/C(=N/O)c1ccc(N2CCC(c3ccccc3)CC2)cc1. The summed E-state index contributed by atoms with van der Waals surface area (Å²) in [7, 11) is 0. The summed E-state index contributed by atoms with van der Waals surface area (Å²) < 4.78 is 0. The lowest BCUT2D eigenvalue weighted by atomic mass is 9.89. The van der Waals surface area contributed by atoms with Gasteiger partial charge >= 0.3 is 5.97 Å². The fourth-order valence-corrected chi connectivity index (χ4v) is 3.54. The molecule has 2 aromatic rings. The molecule has 0 spiro atoms. The van der Waals surface area contributed by atoms with Crippen molar-refractivity contribution in [3.8, 4) is 0 Å². The van der Waals surface area contributed by atoms with Gasteiger partial charge in [0.15, 0.2) is 0 Å². The molecule has 0 atom stereocenters. The molecule has 5 heteroatoms. The third-order valence-electron chi connectivity index (χ3n) is 5.03. The maximum absolute atomic E-state index is 10.7.